The second kappa shape index (κ2) is 28.6. The highest BCUT2D eigenvalue weighted by molar-refractivity contribution is 7.86. The number of aromatic nitrogens is 3. The quantitative estimate of drug-likeness (QED) is 0.0259. The Labute approximate surface area is 491 Å². The number of aliphatic carboxylic acids is 1. The molecule has 1 aromatic heterocycles. The van der Waals surface area contributed by atoms with Gasteiger partial charge >= 0.3 is 11.9 Å². The number of aliphatic hydroxyl groups excluding tert-OH is 5. The Balaban J connectivity index is 0.933. The van der Waals surface area contributed by atoms with Crippen molar-refractivity contribution in [3.8, 4) is 0 Å². The van der Waals surface area contributed by atoms with Gasteiger partial charge in [-0.15, -0.1) is 5.10 Å². The summed E-state index contributed by atoms with van der Waals surface area (Å²) in [7, 11) is -9.76. The second-order valence-corrected chi connectivity index (χ2v) is 25.5. The number of amides is 1. The van der Waals surface area contributed by atoms with Gasteiger partial charge < -0.3 is 64.4 Å². The van der Waals surface area contributed by atoms with E-state index >= 15 is 0 Å². The van der Waals surface area contributed by atoms with Gasteiger partial charge in [-0.2, -0.15) is 16.8 Å². The van der Waals surface area contributed by atoms with Crippen molar-refractivity contribution in [1.29, 1.82) is 0 Å². The molecule has 468 valence electrons. The molecular weight excluding hydrogens is 1160 g/mol. The van der Waals surface area contributed by atoms with E-state index in [1.54, 1.807) is 31.3 Å². The predicted octanol–water partition coefficient (Wildman–Crippen LogP) is 3.69. The molecule has 2 aliphatic heterocycles. The van der Waals surface area contributed by atoms with Gasteiger partial charge in [-0.1, -0.05) is 62.4 Å². The molecule has 2 saturated carbocycles. The average molecular weight is 1230 g/mol. The summed E-state index contributed by atoms with van der Waals surface area (Å²) in [6.07, 6.45) is -11.2. The summed E-state index contributed by atoms with van der Waals surface area (Å²) in [5.74, 6) is -4.14. The van der Waals surface area contributed by atoms with Gasteiger partial charge in [0.1, 0.15) is 52.2 Å². The third-order valence-electron chi connectivity index (χ3n) is 16.4. The number of ether oxygens (including phenoxy) is 6. The fourth-order valence-corrected chi connectivity index (χ4v) is 13.4. The molecule has 28 heteroatoms. The van der Waals surface area contributed by atoms with Crippen molar-refractivity contribution in [2.75, 3.05) is 11.9 Å². The number of fused-ring (bicyclic) bond motifs is 1. The number of aryl methyl sites for hydroxylation is 3. The number of rotatable bonds is 25. The number of carbonyl (C=O) groups excluding carboxylic acids is 3. The van der Waals surface area contributed by atoms with E-state index in [0.29, 0.717) is 25.0 Å². The molecule has 1 amide bonds. The van der Waals surface area contributed by atoms with Crippen LogP contribution in [-0.4, -0.2) is 182 Å². The summed E-state index contributed by atoms with van der Waals surface area (Å²) in [6.45, 7) is 4.16. The second-order valence-electron chi connectivity index (χ2n) is 22.8. The highest BCUT2D eigenvalue weighted by Gasteiger charge is 2.54. The zero-order chi connectivity index (χ0) is 61.5. The van der Waals surface area contributed by atoms with Gasteiger partial charge in [-0.25, -0.2) is 9.59 Å². The number of unbranched alkanes of at least 4 members (excludes halogenated alkanes) is 1. The number of ketones is 1. The number of carboxylic acids is 1. The van der Waals surface area contributed by atoms with Crippen LogP contribution >= 0.6 is 0 Å². The minimum absolute atomic E-state index is 0.00132. The number of hydrogen-bond acceptors (Lipinski definition) is 21. The third-order valence-corrected chi connectivity index (χ3v) is 18.2. The number of aliphatic hydroxyl groups is 5. The first-order chi connectivity index (χ1) is 40.3. The topological polar surface area (TPSA) is 397 Å². The Morgan fingerprint density at radius 1 is 0.788 bits per heavy atom. The lowest BCUT2D eigenvalue weighted by Gasteiger charge is -2.48. The molecule has 15 atom stereocenters. The number of nitrogens with zero attached hydrogens (tertiary/aromatic N) is 3. The average Bonchev–Trinajstić information content (AvgIpc) is 1.19. The van der Waals surface area contributed by atoms with E-state index in [4.69, 9.17) is 28.4 Å². The van der Waals surface area contributed by atoms with Crippen LogP contribution in [0, 0.1) is 24.7 Å². The number of Topliss-reactive ketones (excluding diaryl/α,β-unsaturated/α-hetero) is 1. The standard InChI is InChI=1S/C57H76N4O22S2/c1-30-23-37-43(84(72,73)74)21-20-38(46(37)44(24-30)85(75,76)77)58-45(64)19-12-22-61-28-36(59-60-61)17-10-11-18-39(63)35-25-31(2)51(83-56-50(68)49(67)47(65)32(3)78-56)40(27-35)80-57-53(82-55(71)34-15-8-5-9-16-34)52(48(66)42(29-62)81-57)79-41(54(69)70)26-33-13-6-4-7-14-33/h5,8-9,15-16,20-21,23-24,28,31-33,35,40-42,47-53,56-57,62,65-68H,4,6-7,10-14,17-19,22,25-27,29H2,1-3H3,(H,58,64)(H,69,70)(H,72,73,74)(H,75,76,77)/t31?,32?,35?,40?,41-,42?,47?,48?,49?,50?,51?,52?,53?,56?,57?/m0/s1. The van der Waals surface area contributed by atoms with Gasteiger partial charge in [0.05, 0.1) is 41.9 Å². The molecule has 2 saturated heterocycles. The molecule has 85 heavy (non-hydrogen) atoms. The summed E-state index contributed by atoms with van der Waals surface area (Å²) in [5.41, 5.74) is 0.840. The molecule has 2 aliphatic carbocycles. The third kappa shape index (κ3) is 16.4. The van der Waals surface area contributed by atoms with E-state index in [2.05, 4.69) is 15.6 Å². The Morgan fingerprint density at radius 2 is 1.51 bits per heavy atom. The lowest BCUT2D eigenvalue weighted by Crippen LogP contribution is -2.64. The van der Waals surface area contributed by atoms with Crippen molar-refractivity contribution in [3.63, 3.8) is 0 Å². The van der Waals surface area contributed by atoms with Gasteiger partial charge in [-0.3, -0.25) is 23.4 Å². The first kappa shape index (κ1) is 65.5. The highest BCUT2D eigenvalue weighted by atomic mass is 32.2. The smallest absolute Gasteiger partial charge is 0.338 e. The largest absolute Gasteiger partial charge is 0.479 e. The first-order valence-electron chi connectivity index (χ1n) is 28.6. The fourth-order valence-electron chi connectivity index (χ4n) is 11.9. The van der Waals surface area contributed by atoms with Crippen LogP contribution in [0.1, 0.15) is 119 Å². The van der Waals surface area contributed by atoms with Crippen molar-refractivity contribution >= 4 is 60.3 Å². The number of carboxylic acid groups (broad SMARTS) is 1. The van der Waals surface area contributed by atoms with Crippen molar-refractivity contribution in [1.82, 2.24) is 15.0 Å². The van der Waals surface area contributed by atoms with Crippen molar-refractivity contribution in [2.45, 2.75) is 207 Å². The fraction of sp³-hybridized carbons (Fsp3) is 0.614. The minimum Gasteiger partial charge on any atom is -0.479 e. The molecule has 26 nitrogen and oxygen atoms in total. The molecule has 14 unspecified atom stereocenters. The Kier molecular flexibility index (Phi) is 22.0. The van der Waals surface area contributed by atoms with E-state index < -0.39 is 146 Å². The van der Waals surface area contributed by atoms with Gasteiger partial charge in [0.2, 0.25) is 5.91 Å². The minimum atomic E-state index is -4.92. The molecular formula is C57H76N4O22S2. The number of anilines is 1. The van der Waals surface area contributed by atoms with E-state index in [9.17, 15) is 75.8 Å². The van der Waals surface area contributed by atoms with Crippen molar-refractivity contribution < 1.29 is 104 Å². The van der Waals surface area contributed by atoms with E-state index in [-0.39, 0.29) is 84.4 Å². The van der Waals surface area contributed by atoms with Gasteiger partial charge in [-0.05, 0) is 113 Å². The molecule has 9 N–H and O–H groups in total. The summed E-state index contributed by atoms with van der Waals surface area (Å²) in [5, 5.41) is 75.6. The SMILES string of the molecule is Cc1cc(S(=O)(=O)O)c2c(NC(=O)CCCn3cc(CCCCC(=O)C4CC(C)C(OC5OC(C)C(O)C(O)C5O)C(OC5OC(CO)C(O)C(O[C@@H](CC6CCCCC6)C(=O)O)C5OC(=O)c5ccccc5)C4)nn3)ccc(S(=O)(=O)O)c2c1. The van der Waals surface area contributed by atoms with Gasteiger partial charge in [0.25, 0.3) is 20.2 Å². The first-order valence-corrected chi connectivity index (χ1v) is 31.5. The van der Waals surface area contributed by atoms with E-state index in [0.717, 1.165) is 50.3 Å². The highest BCUT2D eigenvalue weighted by Crippen LogP contribution is 2.41. The van der Waals surface area contributed by atoms with E-state index in [1.165, 1.54) is 36.7 Å². The molecule has 8 rings (SSSR count). The molecule has 4 aliphatic rings. The molecule has 3 aromatic carbocycles. The van der Waals surface area contributed by atoms with Crippen LogP contribution in [0.4, 0.5) is 5.69 Å². The normalized spacial score (nSPS) is 29.1. The van der Waals surface area contributed by atoms with Gasteiger partial charge in [0, 0.05) is 42.3 Å². The maximum atomic E-state index is 14.3. The molecule has 4 aromatic rings. The Hall–Kier alpha value is -5.44. The lowest BCUT2D eigenvalue weighted by atomic mass is 9.75. The molecule has 4 fully saturated rings. The predicted molar refractivity (Wildman–Crippen MR) is 298 cm³/mol. The van der Waals surface area contributed by atoms with Crippen LogP contribution < -0.4 is 5.32 Å². The maximum absolute atomic E-state index is 14.3. The number of hydrogen-bond donors (Lipinski definition) is 9. The number of carbonyl (C=O) groups is 4. The number of benzene rings is 3. The maximum Gasteiger partial charge on any atom is 0.338 e. The van der Waals surface area contributed by atoms with Crippen LogP contribution in [0.2, 0.25) is 0 Å². The van der Waals surface area contributed by atoms with Crippen molar-refractivity contribution in [2.24, 2.45) is 17.8 Å². The Morgan fingerprint density at radius 3 is 2.19 bits per heavy atom. The zero-order valence-electron chi connectivity index (χ0n) is 47.3. The van der Waals surface area contributed by atoms with Gasteiger partial charge in [0.15, 0.2) is 24.8 Å². The molecule has 0 bridgehead atoms. The summed E-state index contributed by atoms with van der Waals surface area (Å²) >= 11 is 0. The van der Waals surface area contributed by atoms with Crippen molar-refractivity contribution in [3.05, 3.63) is 77.6 Å². The summed E-state index contributed by atoms with van der Waals surface area (Å²) in [6, 6.07) is 12.4. The van der Waals surface area contributed by atoms with E-state index in [1.807, 2.05) is 0 Å². The van der Waals surface area contributed by atoms with Crippen LogP contribution in [0.5, 0.6) is 0 Å². The number of nitrogens with one attached hydrogen (secondary N) is 1. The van der Waals surface area contributed by atoms with Crippen LogP contribution in [0.15, 0.2) is 70.6 Å². The molecule has 0 spiro atoms. The van der Waals surface area contributed by atoms with Crippen LogP contribution in [0.3, 0.4) is 0 Å². The molecule has 0 radical (unpaired) electrons. The molecule has 3 heterocycles. The van der Waals surface area contributed by atoms with Crippen LogP contribution in [0.25, 0.3) is 10.8 Å². The zero-order valence-corrected chi connectivity index (χ0v) is 48.9. The Bertz CT molecular complexity index is 3200. The van der Waals surface area contributed by atoms with Crippen LogP contribution in [-0.2, 0) is 76.0 Å². The lowest BCUT2D eigenvalue weighted by molar-refractivity contribution is -0.349. The number of esters is 1. The summed E-state index contributed by atoms with van der Waals surface area (Å²) in [4.78, 5) is 52.9. The monoisotopic (exact) mass is 1230 g/mol. The summed E-state index contributed by atoms with van der Waals surface area (Å²) < 4.78 is 108.